The second-order valence-corrected chi connectivity index (χ2v) is 6.94. The van der Waals surface area contributed by atoms with Gasteiger partial charge in [0, 0.05) is 17.4 Å². The number of hydrogen-bond acceptors (Lipinski definition) is 2. The molecule has 0 heterocycles. The predicted octanol–water partition coefficient (Wildman–Crippen LogP) is 5.32. The monoisotopic (exact) mass is 319 g/mol. The van der Waals surface area contributed by atoms with Crippen LogP contribution in [0.2, 0.25) is 0 Å². The number of nitrogens with zero attached hydrogens (tertiary/aromatic N) is 1. The Morgan fingerprint density at radius 2 is 1.82 bits per heavy atom. The van der Waals surface area contributed by atoms with Gasteiger partial charge in [-0.15, -0.1) is 12.6 Å². The molecule has 0 bridgehead atoms. The SMILES string of the molecule is CCC(CC)CN(C(=O)C1CCCCC1)c1ccccc1S. The number of benzene rings is 1. The van der Waals surface area contributed by atoms with Gasteiger partial charge < -0.3 is 4.90 Å². The van der Waals surface area contributed by atoms with Crippen LogP contribution in [0.5, 0.6) is 0 Å². The van der Waals surface area contributed by atoms with Crippen LogP contribution in [0.4, 0.5) is 5.69 Å². The van der Waals surface area contributed by atoms with Gasteiger partial charge in [-0.2, -0.15) is 0 Å². The van der Waals surface area contributed by atoms with E-state index in [9.17, 15) is 4.79 Å². The summed E-state index contributed by atoms with van der Waals surface area (Å²) < 4.78 is 0. The zero-order chi connectivity index (χ0) is 15.9. The maximum absolute atomic E-state index is 13.1. The van der Waals surface area contributed by atoms with Crippen molar-refractivity contribution in [3.05, 3.63) is 24.3 Å². The normalized spacial score (nSPS) is 16.0. The van der Waals surface area contributed by atoms with Crippen LogP contribution in [-0.2, 0) is 4.79 Å². The van der Waals surface area contributed by atoms with Crippen LogP contribution in [0.25, 0.3) is 0 Å². The van der Waals surface area contributed by atoms with Crippen LogP contribution < -0.4 is 4.90 Å². The minimum Gasteiger partial charge on any atom is -0.311 e. The van der Waals surface area contributed by atoms with Gasteiger partial charge in [-0.3, -0.25) is 4.79 Å². The molecule has 122 valence electrons. The summed E-state index contributed by atoms with van der Waals surface area (Å²) in [5, 5.41) is 0. The number of rotatable bonds is 6. The number of carbonyl (C=O) groups is 1. The molecule has 0 aliphatic heterocycles. The second-order valence-electron chi connectivity index (χ2n) is 6.46. The first-order valence-electron chi connectivity index (χ1n) is 8.76. The van der Waals surface area contributed by atoms with Crippen molar-refractivity contribution < 1.29 is 4.79 Å². The standard InChI is InChI=1S/C19H29NOS/c1-3-15(4-2)14-20(17-12-8-9-13-18(17)22)19(21)16-10-6-5-7-11-16/h8-9,12-13,15-16,22H,3-7,10-11,14H2,1-2H3. The van der Waals surface area contributed by atoms with Crippen LogP contribution in [0.3, 0.4) is 0 Å². The molecular formula is C19H29NOS. The van der Waals surface area contributed by atoms with E-state index in [0.717, 1.165) is 42.8 Å². The Morgan fingerprint density at radius 3 is 2.41 bits per heavy atom. The van der Waals surface area contributed by atoms with Gasteiger partial charge in [0.25, 0.3) is 0 Å². The molecule has 1 aliphatic carbocycles. The molecule has 0 saturated heterocycles. The van der Waals surface area contributed by atoms with Gasteiger partial charge >= 0.3 is 0 Å². The van der Waals surface area contributed by atoms with Crippen molar-refractivity contribution in [2.24, 2.45) is 11.8 Å². The molecule has 2 nitrogen and oxygen atoms in total. The summed E-state index contributed by atoms with van der Waals surface area (Å²) in [6.45, 7) is 5.24. The molecular weight excluding hydrogens is 290 g/mol. The molecule has 1 fully saturated rings. The molecule has 0 N–H and O–H groups in total. The summed E-state index contributed by atoms with van der Waals surface area (Å²) in [4.78, 5) is 16.0. The molecule has 2 rings (SSSR count). The summed E-state index contributed by atoms with van der Waals surface area (Å²) in [5.74, 6) is 1.07. The molecule has 0 aromatic heterocycles. The summed E-state index contributed by atoms with van der Waals surface area (Å²) >= 11 is 4.58. The van der Waals surface area contributed by atoms with Gasteiger partial charge in [0.1, 0.15) is 0 Å². The fraction of sp³-hybridized carbons (Fsp3) is 0.632. The van der Waals surface area contributed by atoms with Crippen LogP contribution in [0, 0.1) is 11.8 Å². The van der Waals surface area contributed by atoms with E-state index >= 15 is 0 Å². The molecule has 3 heteroatoms. The van der Waals surface area contributed by atoms with Crippen molar-refractivity contribution in [3.8, 4) is 0 Å². The minimum atomic E-state index is 0.205. The topological polar surface area (TPSA) is 20.3 Å². The van der Waals surface area contributed by atoms with Crippen molar-refractivity contribution in [1.82, 2.24) is 0 Å². The Morgan fingerprint density at radius 1 is 1.18 bits per heavy atom. The smallest absolute Gasteiger partial charge is 0.230 e. The van der Waals surface area contributed by atoms with E-state index in [1.807, 2.05) is 29.2 Å². The van der Waals surface area contributed by atoms with Gasteiger partial charge in [-0.05, 0) is 30.9 Å². The maximum Gasteiger partial charge on any atom is 0.230 e. The Bertz CT molecular complexity index is 478. The van der Waals surface area contributed by atoms with E-state index in [2.05, 4.69) is 26.5 Å². The first-order valence-corrected chi connectivity index (χ1v) is 9.21. The lowest BCUT2D eigenvalue weighted by Gasteiger charge is -2.32. The number of thiol groups is 1. The summed E-state index contributed by atoms with van der Waals surface area (Å²) in [7, 11) is 0. The Kier molecular flexibility index (Phi) is 6.81. The summed E-state index contributed by atoms with van der Waals surface area (Å²) in [6, 6.07) is 7.99. The van der Waals surface area contributed by atoms with Crippen LogP contribution in [0.15, 0.2) is 29.2 Å². The molecule has 1 aliphatic rings. The molecule has 0 atom stereocenters. The predicted molar refractivity (Wildman–Crippen MR) is 96.7 cm³/mol. The van der Waals surface area contributed by atoms with Crippen LogP contribution in [0.1, 0.15) is 58.8 Å². The second kappa shape index (κ2) is 8.61. The summed E-state index contributed by atoms with van der Waals surface area (Å²) in [5.41, 5.74) is 0.980. The van der Waals surface area contributed by atoms with Crippen molar-refractivity contribution in [2.75, 3.05) is 11.4 Å². The number of amides is 1. The Balaban J connectivity index is 2.24. The number of para-hydroxylation sites is 1. The fourth-order valence-corrected chi connectivity index (χ4v) is 3.66. The van der Waals surface area contributed by atoms with Gasteiger partial charge in [0.05, 0.1) is 5.69 Å². The van der Waals surface area contributed by atoms with Gasteiger partial charge in [-0.25, -0.2) is 0 Å². The lowest BCUT2D eigenvalue weighted by Crippen LogP contribution is -2.40. The highest BCUT2D eigenvalue weighted by atomic mass is 32.1. The highest BCUT2D eigenvalue weighted by Gasteiger charge is 2.28. The lowest BCUT2D eigenvalue weighted by molar-refractivity contribution is -0.123. The number of carbonyl (C=O) groups excluding carboxylic acids is 1. The molecule has 0 spiro atoms. The first-order chi connectivity index (χ1) is 10.7. The van der Waals surface area contributed by atoms with Crippen molar-refractivity contribution in [3.63, 3.8) is 0 Å². The van der Waals surface area contributed by atoms with E-state index in [4.69, 9.17) is 0 Å². The van der Waals surface area contributed by atoms with Gasteiger partial charge in [-0.1, -0.05) is 58.1 Å². The number of anilines is 1. The first kappa shape index (κ1) is 17.4. The van der Waals surface area contributed by atoms with Crippen molar-refractivity contribution in [2.45, 2.75) is 63.7 Å². The molecule has 22 heavy (non-hydrogen) atoms. The summed E-state index contributed by atoms with van der Waals surface area (Å²) in [6.07, 6.45) is 7.98. The van der Waals surface area contributed by atoms with E-state index < -0.39 is 0 Å². The van der Waals surface area contributed by atoms with E-state index in [-0.39, 0.29) is 5.92 Å². The van der Waals surface area contributed by atoms with Crippen LogP contribution in [-0.4, -0.2) is 12.5 Å². The molecule has 1 aromatic carbocycles. The molecule has 1 aromatic rings. The van der Waals surface area contributed by atoms with Gasteiger partial charge in [0.15, 0.2) is 0 Å². The zero-order valence-corrected chi connectivity index (χ0v) is 14.8. The molecule has 0 radical (unpaired) electrons. The zero-order valence-electron chi connectivity index (χ0n) is 13.9. The average Bonchev–Trinajstić information content (AvgIpc) is 2.57. The number of hydrogen-bond donors (Lipinski definition) is 1. The Labute approximate surface area is 140 Å². The van der Waals surface area contributed by atoms with Crippen LogP contribution >= 0.6 is 12.6 Å². The highest BCUT2D eigenvalue weighted by molar-refractivity contribution is 7.80. The fourth-order valence-electron chi connectivity index (χ4n) is 3.37. The third-order valence-corrected chi connectivity index (χ3v) is 5.37. The third kappa shape index (κ3) is 4.28. The minimum absolute atomic E-state index is 0.205. The van der Waals surface area contributed by atoms with Crippen molar-refractivity contribution in [1.29, 1.82) is 0 Å². The van der Waals surface area contributed by atoms with Gasteiger partial charge in [0.2, 0.25) is 5.91 Å². The molecule has 1 amide bonds. The van der Waals surface area contributed by atoms with E-state index in [1.165, 1.54) is 19.3 Å². The van der Waals surface area contributed by atoms with E-state index in [0.29, 0.717) is 11.8 Å². The quantitative estimate of drug-likeness (QED) is 0.703. The average molecular weight is 320 g/mol. The largest absolute Gasteiger partial charge is 0.311 e. The Hall–Kier alpha value is -0.960. The van der Waals surface area contributed by atoms with E-state index in [1.54, 1.807) is 0 Å². The van der Waals surface area contributed by atoms with Crippen molar-refractivity contribution >= 4 is 24.2 Å². The highest BCUT2D eigenvalue weighted by Crippen LogP contribution is 2.31. The lowest BCUT2D eigenvalue weighted by atomic mass is 9.87. The molecule has 0 unspecified atom stereocenters. The third-order valence-electron chi connectivity index (χ3n) is 4.99. The maximum atomic E-state index is 13.1. The molecule has 1 saturated carbocycles.